The molecule has 5 nitrogen and oxygen atoms in total. The standard InChI is InChI=1S/C15H23N3O2S/c1-11(2)6-9-18-10-7-12(3-4-14(18)19)17-15(20)13-5-8-16-21-13/h5,8,11-12H,3-4,6-7,9-10H2,1-2H3,(H,17,20). The van der Waals surface area contributed by atoms with Crippen LogP contribution in [0.2, 0.25) is 0 Å². The highest BCUT2D eigenvalue weighted by molar-refractivity contribution is 7.08. The van der Waals surface area contributed by atoms with E-state index in [-0.39, 0.29) is 17.9 Å². The maximum Gasteiger partial charge on any atom is 0.263 e. The monoisotopic (exact) mass is 309 g/mol. The van der Waals surface area contributed by atoms with Gasteiger partial charge in [0.1, 0.15) is 4.88 Å². The molecule has 1 aliphatic rings. The van der Waals surface area contributed by atoms with Gasteiger partial charge in [-0.25, -0.2) is 4.37 Å². The summed E-state index contributed by atoms with van der Waals surface area (Å²) in [6.45, 7) is 5.89. The molecule has 6 heteroatoms. The molecular formula is C15H23N3O2S. The topological polar surface area (TPSA) is 62.3 Å². The van der Waals surface area contributed by atoms with Gasteiger partial charge in [-0.2, -0.15) is 0 Å². The SMILES string of the molecule is CC(C)CCN1CCC(NC(=O)c2ccns2)CCC1=O. The number of aromatic nitrogens is 1. The van der Waals surface area contributed by atoms with E-state index < -0.39 is 0 Å². The van der Waals surface area contributed by atoms with Crippen molar-refractivity contribution < 1.29 is 9.59 Å². The number of nitrogens with one attached hydrogen (secondary N) is 1. The Hall–Kier alpha value is -1.43. The molecule has 21 heavy (non-hydrogen) atoms. The average molecular weight is 309 g/mol. The summed E-state index contributed by atoms with van der Waals surface area (Å²) in [5.74, 6) is 0.735. The highest BCUT2D eigenvalue weighted by Gasteiger charge is 2.24. The summed E-state index contributed by atoms with van der Waals surface area (Å²) >= 11 is 1.20. The van der Waals surface area contributed by atoms with E-state index in [0.29, 0.717) is 17.2 Å². The fraction of sp³-hybridized carbons (Fsp3) is 0.667. The van der Waals surface area contributed by atoms with Crippen molar-refractivity contribution in [1.29, 1.82) is 0 Å². The summed E-state index contributed by atoms with van der Waals surface area (Å²) < 4.78 is 3.94. The predicted molar refractivity (Wildman–Crippen MR) is 83.3 cm³/mol. The van der Waals surface area contributed by atoms with Crippen molar-refractivity contribution in [2.24, 2.45) is 5.92 Å². The molecular weight excluding hydrogens is 286 g/mol. The Balaban J connectivity index is 1.85. The zero-order valence-electron chi connectivity index (χ0n) is 12.7. The molecule has 2 rings (SSSR count). The van der Waals surface area contributed by atoms with Crippen molar-refractivity contribution in [1.82, 2.24) is 14.6 Å². The molecule has 1 saturated heterocycles. The Kier molecular flexibility index (Phi) is 5.73. The molecule has 2 amide bonds. The fourth-order valence-corrected chi connectivity index (χ4v) is 2.92. The van der Waals surface area contributed by atoms with Gasteiger partial charge in [-0.05, 0) is 42.8 Å². The quantitative estimate of drug-likeness (QED) is 0.908. The smallest absolute Gasteiger partial charge is 0.263 e. The first-order chi connectivity index (χ1) is 10.1. The number of nitrogens with zero attached hydrogens (tertiary/aromatic N) is 2. The van der Waals surface area contributed by atoms with E-state index >= 15 is 0 Å². The lowest BCUT2D eigenvalue weighted by Gasteiger charge is -2.22. The Bertz CT molecular complexity index is 473. The van der Waals surface area contributed by atoms with Crippen molar-refractivity contribution in [3.63, 3.8) is 0 Å². The Morgan fingerprint density at radius 3 is 3.00 bits per heavy atom. The van der Waals surface area contributed by atoms with E-state index in [2.05, 4.69) is 23.5 Å². The van der Waals surface area contributed by atoms with Gasteiger partial charge < -0.3 is 10.2 Å². The van der Waals surface area contributed by atoms with Crippen LogP contribution in [0.5, 0.6) is 0 Å². The van der Waals surface area contributed by atoms with Crippen LogP contribution in [0.4, 0.5) is 0 Å². The summed E-state index contributed by atoms with van der Waals surface area (Å²) in [5.41, 5.74) is 0. The normalized spacial score (nSPS) is 19.7. The third-order valence-electron chi connectivity index (χ3n) is 3.78. The Morgan fingerprint density at radius 1 is 1.52 bits per heavy atom. The molecule has 0 saturated carbocycles. The molecule has 2 heterocycles. The first-order valence-corrected chi connectivity index (χ1v) is 8.33. The van der Waals surface area contributed by atoms with Crippen molar-refractivity contribution in [2.75, 3.05) is 13.1 Å². The third kappa shape index (κ3) is 4.81. The highest BCUT2D eigenvalue weighted by atomic mass is 32.1. The highest BCUT2D eigenvalue weighted by Crippen LogP contribution is 2.15. The third-order valence-corrected chi connectivity index (χ3v) is 4.53. The van der Waals surface area contributed by atoms with Gasteiger partial charge in [0, 0.05) is 31.7 Å². The molecule has 116 valence electrons. The van der Waals surface area contributed by atoms with Crippen LogP contribution in [-0.4, -0.2) is 40.2 Å². The van der Waals surface area contributed by atoms with Gasteiger partial charge in [0.05, 0.1) is 0 Å². The van der Waals surface area contributed by atoms with Crippen LogP contribution in [0.1, 0.15) is 49.2 Å². The van der Waals surface area contributed by atoms with E-state index in [0.717, 1.165) is 32.4 Å². The molecule has 1 aromatic rings. The summed E-state index contributed by atoms with van der Waals surface area (Å²) in [6.07, 6.45) is 4.73. The van der Waals surface area contributed by atoms with Crippen LogP contribution in [-0.2, 0) is 4.79 Å². The second kappa shape index (κ2) is 7.54. The van der Waals surface area contributed by atoms with Gasteiger partial charge in [0.2, 0.25) is 5.91 Å². The minimum atomic E-state index is -0.0782. The van der Waals surface area contributed by atoms with Crippen LogP contribution >= 0.6 is 11.5 Å². The minimum Gasteiger partial charge on any atom is -0.348 e. The van der Waals surface area contributed by atoms with Gasteiger partial charge in [-0.1, -0.05) is 13.8 Å². The first kappa shape index (κ1) is 15.9. The van der Waals surface area contributed by atoms with Gasteiger partial charge in [0.15, 0.2) is 0 Å². The lowest BCUT2D eigenvalue weighted by Crippen LogP contribution is -2.36. The van der Waals surface area contributed by atoms with Gasteiger partial charge in [-0.15, -0.1) is 0 Å². The van der Waals surface area contributed by atoms with Crippen molar-refractivity contribution in [2.45, 2.75) is 45.6 Å². The second-order valence-electron chi connectivity index (χ2n) is 5.94. The van der Waals surface area contributed by atoms with Crippen molar-refractivity contribution >= 4 is 23.3 Å². The average Bonchev–Trinajstić information content (AvgIpc) is 2.92. The summed E-state index contributed by atoms with van der Waals surface area (Å²) in [4.78, 5) is 26.7. The molecule has 0 aromatic carbocycles. The Morgan fingerprint density at radius 2 is 2.33 bits per heavy atom. The maximum absolute atomic E-state index is 12.1. The lowest BCUT2D eigenvalue weighted by molar-refractivity contribution is -0.130. The molecule has 1 fully saturated rings. The number of likely N-dealkylation sites (tertiary alicyclic amines) is 1. The largest absolute Gasteiger partial charge is 0.348 e. The predicted octanol–water partition coefficient (Wildman–Crippen LogP) is 2.30. The molecule has 1 atom stereocenters. The van der Waals surface area contributed by atoms with Crippen LogP contribution in [0.25, 0.3) is 0 Å². The van der Waals surface area contributed by atoms with Crippen molar-refractivity contribution in [3.05, 3.63) is 17.1 Å². The van der Waals surface area contributed by atoms with Gasteiger partial charge in [-0.3, -0.25) is 9.59 Å². The lowest BCUT2D eigenvalue weighted by atomic mass is 10.1. The van der Waals surface area contributed by atoms with Crippen LogP contribution in [0.3, 0.4) is 0 Å². The van der Waals surface area contributed by atoms with Gasteiger partial charge in [0.25, 0.3) is 5.91 Å². The summed E-state index contributed by atoms with van der Waals surface area (Å²) in [7, 11) is 0. The van der Waals surface area contributed by atoms with Crippen LogP contribution in [0.15, 0.2) is 12.3 Å². The number of hydrogen-bond acceptors (Lipinski definition) is 4. The fourth-order valence-electron chi connectivity index (χ4n) is 2.42. The molecule has 0 aliphatic carbocycles. The van der Waals surface area contributed by atoms with E-state index in [9.17, 15) is 9.59 Å². The molecule has 1 aliphatic heterocycles. The number of amides is 2. The summed E-state index contributed by atoms with van der Waals surface area (Å²) in [6, 6.07) is 1.80. The van der Waals surface area contributed by atoms with Crippen LogP contribution in [0, 0.1) is 5.92 Å². The van der Waals surface area contributed by atoms with E-state index in [1.165, 1.54) is 11.5 Å². The number of hydrogen-bond donors (Lipinski definition) is 1. The van der Waals surface area contributed by atoms with Gasteiger partial charge >= 0.3 is 0 Å². The van der Waals surface area contributed by atoms with Crippen LogP contribution < -0.4 is 5.32 Å². The maximum atomic E-state index is 12.1. The zero-order valence-corrected chi connectivity index (χ0v) is 13.5. The molecule has 0 spiro atoms. The second-order valence-corrected chi connectivity index (χ2v) is 6.77. The molecule has 0 radical (unpaired) electrons. The first-order valence-electron chi connectivity index (χ1n) is 7.55. The summed E-state index contributed by atoms with van der Waals surface area (Å²) in [5, 5.41) is 3.02. The molecule has 1 aromatic heterocycles. The Labute approximate surface area is 129 Å². The molecule has 1 N–H and O–H groups in total. The number of carbonyl (C=O) groups excluding carboxylic acids is 2. The molecule has 0 bridgehead atoms. The number of carbonyl (C=O) groups is 2. The van der Waals surface area contributed by atoms with E-state index in [1.54, 1.807) is 12.3 Å². The van der Waals surface area contributed by atoms with E-state index in [4.69, 9.17) is 0 Å². The van der Waals surface area contributed by atoms with Crippen molar-refractivity contribution in [3.8, 4) is 0 Å². The number of rotatable bonds is 5. The zero-order chi connectivity index (χ0) is 15.2. The molecule has 1 unspecified atom stereocenters. The van der Waals surface area contributed by atoms with E-state index in [1.807, 2.05) is 4.90 Å². The minimum absolute atomic E-state index is 0.0765.